The molecule has 3 aromatic rings. The second-order valence-electron chi connectivity index (χ2n) is 8.77. The maximum absolute atomic E-state index is 13.5. The number of nitrogens with zero attached hydrogens (tertiary/aromatic N) is 2. The largest absolute Gasteiger partial charge is 0.507 e. The summed E-state index contributed by atoms with van der Waals surface area (Å²) < 4.78 is 21.8. The Bertz CT molecular complexity index is 1510. The van der Waals surface area contributed by atoms with Gasteiger partial charge in [0.05, 0.1) is 37.6 Å². The molecule has 41 heavy (non-hydrogen) atoms. The van der Waals surface area contributed by atoms with E-state index in [1.165, 1.54) is 12.0 Å². The normalized spacial score (nSPS) is 16.0. The number of aromatic nitrogens is 1. The molecule has 1 aromatic heterocycles. The maximum Gasteiger partial charge on any atom is 0.350 e. The molecule has 1 aliphatic heterocycles. The van der Waals surface area contributed by atoms with Gasteiger partial charge < -0.3 is 24.1 Å². The SMILES string of the molecule is C=CCOc1ccc(/C(O)=C2\C(=O)C(=O)N(c3nc(C)c(C(=O)OCC)s3)C2c2ccc(OCC)c(OC)c2)cc1. The topological polar surface area (TPSA) is 124 Å². The minimum atomic E-state index is -1.09. The smallest absolute Gasteiger partial charge is 0.350 e. The van der Waals surface area contributed by atoms with Crippen LogP contribution in [0.2, 0.25) is 0 Å². The Kier molecular flexibility index (Phi) is 9.08. The van der Waals surface area contributed by atoms with Crippen LogP contribution in [0.1, 0.15) is 46.4 Å². The van der Waals surface area contributed by atoms with Crippen molar-refractivity contribution in [1.82, 2.24) is 4.98 Å². The number of thiazole rings is 1. The van der Waals surface area contributed by atoms with Gasteiger partial charge >= 0.3 is 11.9 Å². The lowest BCUT2D eigenvalue weighted by molar-refractivity contribution is -0.132. The number of aryl methyl sites for hydroxylation is 1. The number of benzene rings is 2. The molecule has 10 nitrogen and oxygen atoms in total. The molecule has 0 spiro atoms. The number of hydrogen-bond acceptors (Lipinski definition) is 10. The summed E-state index contributed by atoms with van der Waals surface area (Å²) in [6, 6.07) is 10.4. The first-order chi connectivity index (χ1) is 19.7. The molecule has 4 rings (SSSR count). The minimum Gasteiger partial charge on any atom is -0.507 e. The van der Waals surface area contributed by atoms with E-state index in [-0.39, 0.29) is 27.9 Å². The van der Waals surface area contributed by atoms with Gasteiger partial charge in [0.1, 0.15) is 23.0 Å². The Labute approximate surface area is 241 Å². The molecule has 0 saturated carbocycles. The van der Waals surface area contributed by atoms with E-state index in [1.807, 2.05) is 6.92 Å². The van der Waals surface area contributed by atoms with Crippen molar-refractivity contribution in [2.75, 3.05) is 31.8 Å². The third kappa shape index (κ3) is 5.80. The fraction of sp³-hybridized carbons (Fsp3) is 0.267. The molecule has 2 aromatic carbocycles. The van der Waals surface area contributed by atoms with Crippen LogP contribution in [0.5, 0.6) is 17.2 Å². The third-order valence-electron chi connectivity index (χ3n) is 6.20. The van der Waals surface area contributed by atoms with Crippen LogP contribution >= 0.6 is 11.3 Å². The molecule has 1 atom stereocenters. The number of carbonyl (C=O) groups excluding carboxylic acids is 3. The Hall–Kier alpha value is -4.64. The van der Waals surface area contributed by atoms with Gasteiger partial charge in [-0.15, -0.1) is 0 Å². The molecule has 0 radical (unpaired) electrons. The zero-order valence-corrected chi connectivity index (χ0v) is 23.9. The Morgan fingerprint density at radius 3 is 2.46 bits per heavy atom. The van der Waals surface area contributed by atoms with E-state index in [9.17, 15) is 19.5 Å². The van der Waals surface area contributed by atoms with Crippen molar-refractivity contribution in [1.29, 1.82) is 0 Å². The lowest BCUT2D eigenvalue weighted by atomic mass is 9.95. The summed E-state index contributed by atoms with van der Waals surface area (Å²) in [4.78, 5) is 45.4. The van der Waals surface area contributed by atoms with Crippen molar-refractivity contribution in [3.05, 3.63) is 82.4 Å². The number of anilines is 1. The Balaban J connectivity index is 1.89. The second-order valence-corrected chi connectivity index (χ2v) is 9.75. The zero-order valence-electron chi connectivity index (χ0n) is 23.1. The molecule has 2 heterocycles. The summed E-state index contributed by atoms with van der Waals surface area (Å²) in [5.41, 5.74) is 0.969. The van der Waals surface area contributed by atoms with Gasteiger partial charge in [-0.05, 0) is 62.7 Å². The van der Waals surface area contributed by atoms with Crippen molar-refractivity contribution in [3.63, 3.8) is 0 Å². The summed E-state index contributed by atoms with van der Waals surface area (Å²) in [6.07, 6.45) is 1.61. The van der Waals surface area contributed by atoms with E-state index in [0.29, 0.717) is 47.3 Å². The minimum absolute atomic E-state index is 0.109. The van der Waals surface area contributed by atoms with Crippen LogP contribution in [0.4, 0.5) is 5.13 Å². The lowest BCUT2D eigenvalue weighted by Crippen LogP contribution is -2.29. The van der Waals surface area contributed by atoms with Crippen LogP contribution in [-0.2, 0) is 14.3 Å². The first kappa shape index (κ1) is 29.3. The van der Waals surface area contributed by atoms with Crippen LogP contribution in [0.3, 0.4) is 0 Å². The first-order valence-corrected chi connectivity index (χ1v) is 13.7. The summed E-state index contributed by atoms with van der Waals surface area (Å²) >= 11 is 0.932. The molecule has 1 amide bonds. The second kappa shape index (κ2) is 12.7. The van der Waals surface area contributed by atoms with Gasteiger partial charge in [0, 0.05) is 5.56 Å². The number of amides is 1. The van der Waals surface area contributed by atoms with Crippen molar-refractivity contribution in [3.8, 4) is 17.2 Å². The number of ether oxygens (including phenoxy) is 4. The summed E-state index contributed by atoms with van der Waals surface area (Å²) in [7, 11) is 1.48. The molecule has 1 saturated heterocycles. The molecular formula is C30H30N2O8S. The summed E-state index contributed by atoms with van der Waals surface area (Å²) in [6.45, 7) is 9.63. The molecule has 1 N–H and O–H groups in total. The van der Waals surface area contributed by atoms with Gasteiger partial charge in [0.15, 0.2) is 16.6 Å². The molecule has 1 aliphatic rings. The monoisotopic (exact) mass is 578 g/mol. The number of Topliss-reactive ketones (excluding diaryl/α,β-unsaturated/α-hetero) is 1. The number of aliphatic hydroxyl groups excluding tert-OH is 1. The average Bonchev–Trinajstić information content (AvgIpc) is 3.48. The van der Waals surface area contributed by atoms with Gasteiger partial charge in [-0.1, -0.05) is 30.1 Å². The average molecular weight is 579 g/mol. The van der Waals surface area contributed by atoms with E-state index < -0.39 is 23.7 Å². The van der Waals surface area contributed by atoms with Crippen molar-refractivity contribution in [2.24, 2.45) is 0 Å². The standard InChI is InChI=1S/C30H30N2O8S/c1-6-15-40-20-12-9-18(10-13-20)25(33)23-24(19-11-14-21(38-7-2)22(16-19)37-5)32(28(35)26(23)34)30-31-17(4)27(41-30)29(36)39-8-3/h6,9-14,16,24,33H,1,7-8,15H2,2-5H3/b25-23+. The molecule has 1 fully saturated rings. The van der Waals surface area contributed by atoms with E-state index in [1.54, 1.807) is 62.4 Å². The van der Waals surface area contributed by atoms with E-state index in [4.69, 9.17) is 18.9 Å². The zero-order chi connectivity index (χ0) is 29.7. The first-order valence-electron chi connectivity index (χ1n) is 12.9. The van der Waals surface area contributed by atoms with Crippen molar-refractivity contribution < 1.29 is 38.4 Å². The van der Waals surface area contributed by atoms with Crippen LogP contribution < -0.4 is 19.1 Å². The van der Waals surface area contributed by atoms with Crippen molar-refractivity contribution >= 4 is 39.9 Å². The molecular weight excluding hydrogens is 548 g/mol. The highest BCUT2D eigenvalue weighted by Crippen LogP contribution is 2.45. The van der Waals surface area contributed by atoms with Crippen LogP contribution in [0.25, 0.3) is 5.76 Å². The van der Waals surface area contributed by atoms with E-state index >= 15 is 0 Å². The van der Waals surface area contributed by atoms with Gasteiger partial charge in [-0.25, -0.2) is 9.78 Å². The highest BCUT2D eigenvalue weighted by Gasteiger charge is 2.48. The van der Waals surface area contributed by atoms with E-state index in [0.717, 1.165) is 11.3 Å². The summed E-state index contributed by atoms with van der Waals surface area (Å²) in [5, 5.41) is 11.5. The fourth-order valence-electron chi connectivity index (χ4n) is 4.37. The van der Waals surface area contributed by atoms with Gasteiger partial charge in [0.2, 0.25) is 0 Å². The number of esters is 1. The number of aliphatic hydroxyl groups is 1. The molecule has 0 bridgehead atoms. The number of methoxy groups -OCH3 is 1. The van der Waals surface area contributed by atoms with Gasteiger partial charge in [0.25, 0.3) is 5.78 Å². The van der Waals surface area contributed by atoms with Crippen LogP contribution in [0.15, 0.2) is 60.7 Å². The predicted molar refractivity (Wildman–Crippen MR) is 154 cm³/mol. The van der Waals surface area contributed by atoms with Crippen LogP contribution in [-0.4, -0.2) is 54.7 Å². The fourth-order valence-corrected chi connectivity index (χ4v) is 5.35. The molecule has 214 valence electrons. The van der Waals surface area contributed by atoms with E-state index in [2.05, 4.69) is 11.6 Å². The van der Waals surface area contributed by atoms with Crippen LogP contribution in [0, 0.1) is 6.92 Å². The number of ketones is 1. The Morgan fingerprint density at radius 1 is 1.10 bits per heavy atom. The molecule has 0 aliphatic carbocycles. The molecule has 1 unspecified atom stereocenters. The quantitative estimate of drug-likeness (QED) is 0.107. The maximum atomic E-state index is 13.5. The summed E-state index contributed by atoms with van der Waals surface area (Å²) in [5.74, 6) is -1.38. The number of rotatable bonds is 11. The Morgan fingerprint density at radius 2 is 1.83 bits per heavy atom. The number of hydrogen-bond donors (Lipinski definition) is 1. The number of carbonyl (C=O) groups is 3. The van der Waals surface area contributed by atoms with Crippen molar-refractivity contribution in [2.45, 2.75) is 26.8 Å². The van der Waals surface area contributed by atoms with Gasteiger partial charge in [-0.2, -0.15) is 0 Å². The highest BCUT2D eigenvalue weighted by atomic mass is 32.1. The van der Waals surface area contributed by atoms with Gasteiger partial charge in [-0.3, -0.25) is 14.5 Å². The molecule has 11 heteroatoms. The highest BCUT2D eigenvalue weighted by molar-refractivity contribution is 7.17. The third-order valence-corrected chi connectivity index (χ3v) is 7.33. The predicted octanol–water partition coefficient (Wildman–Crippen LogP) is 5.23. The lowest BCUT2D eigenvalue weighted by Gasteiger charge is -2.24.